The molecule has 1 atom stereocenters. The van der Waals surface area contributed by atoms with Crippen molar-refractivity contribution in [2.24, 2.45) is 0 Å². The average molecular weight is 386 g/mol. The first-order chi connectivity index (χ1) is 13.5. The fourth-order valence-electron chi connectivity index (χ4n) is 3.70. The SMILES string of the molecule is Cc1cc(C(=O)N2CCOC(C(=O)O)C2)c(C)n1-c1ccc2c(c1)OCCO2. The Bertz CT molecular complexity index is 935. The maximum atomic E-state index is 13.0. The molecule has 1 N–H and O–H groups in total. The van der Waals surface area contributed by atoms with Crippen LogP contribution in [0.2, 0.25) is 0 Å². The number of morpholine rings is 1. The van der Waals surface area contributed by atoms with Crippen LogP contribution in [0.15, 0.2) is 24.3 Å². The fourth-order valence-corrected chi connectivity index (χ4v) is 3.70. The number of aliphatic carboxylic acids is 1. The normalized spacial score (nSPS) is 18.8. The molecule has 1 saturated heterocycles. The summed E-state index contributed by atoms with van der Waals surface area (Å²) in [5, 5.41) is 9.17. The summed E-state index contributed by atoms with van der Waals surface area (Å²) in [5.74, 6) is 0.147. The second-order valence-electron chi connectivity index (χ2n) is 6.90. The number of ether oxygens (including phenoxy) is 3. The topological polar surface area (TPSA) is 90.2 Å². The summed E-state index contributed by atoms with van der Waals surface area (Å²) in [6.45, 7) is 5.48. The molecule has 2 aliphatic rings. The Hall–Kier alpha value is -3.00. The maximum Gasteiger partial charge on any atom is 0.334 e. The van der Waals surface area contributed by atoms with E-state index in [0.29, 0.717) is 36.8 Å². The molecule has 8 nitrogen and oxygen atoms in total. The lowest BCUT2D eigenvalue weighted by molar-refractivity contribution is -0.154. The van der Waals surface area contributed by atoms with Crippen LogP contribution in [0.3, 0.4) is 0 Å². The summed E-state index contributed by atoms with van der Waals surface area (Å²) in [6, 6.07) is 7.53. The number of aryl methyl sites for hydroxylation is 1. The third-order valence-corrected chi connectivity index (χ3v) is 5.07. The van der Waals surface area contributed by atoms with Crippen LogP contribution in [0, 0.1) is 13.8 Å². The van der Waals surface area contributed by atoms with Crippen molar-refractivity contribution in [3.63, 3.8) is 0 Å². The van der Waals surface area contributed by atoms with Crippen molar-refractivity contribution < 1.29 is 28.9 Å². The molecule has 1 amide bonds. The quantitative estimate of drug-likeness (QED) is 0.865. The smallest absolute Gasteiger partial charge is 0.334 e. The Morgan fingerprint density at radius 3 is 2.57 bits per heavy atom. The number of fused-ring (bicyclic) bond motifs is 1. The monoisotopic (exact) mass is 386 g/mol. The van der Waals surface area contributed by atoms with Gasteiger partial charge in [0, 0.05) is 29.7 Å². The van der Waals surface area contributed by atoms with Gasteiger partial charge in [0.1, 0.15) is 13.2 Å². The van der Waals surface area contributed by atoms with E-state index in [-0.39, 0.29) is 19.1 Å². The summed E-state index contributed by atoms with van der Waals surface area (Å²) >= 11 is 0. The van der Waals surface area contributed by atoms with E-state index in [1.165, 1.54) is 4.90 Å². The number of carboxylic acid groups (broad SMARTS) is 1. The molecule has 1 fully saturated rings. The molecule has 1 unspecified atom stereocenters. The molecule has 1 aromatic carbocycles. The van der Waals surface area contributed by atoms with Crippen molar-refractivity contribution in [2.45, 2.75) is 20.0 Å². The summed E-state index contributed by atoms with van der Waals surface area (Å²) in [7, 11) is 0. The van der Waals surface area contributed by atoms with Gasteiger partial charge in [0.2, 0.25) is 0 Å². The van der Waals surface area contributed by atoms with Crippen LogP contribution in [0.1, 0.15) is 21.7 Å². The number of hydrogen-bond acceptors (Lipinski definition) is 5. The molecule has 0 aliphatic carbocycles. The first-order valence-corrected chi connectivity index (χ1v) is 9.18. The fraction of sp³-hybridized carbons (Fsp3) is 0.400. The minimum absolute atomic E-state index is 0.0435. The molecule has 1 aromatic heterocycles. The largest absolute Gasteiger partial charge is 0.486 e. The van der Waals surface area contributed by atoms with E-state index in [1.54, 1.807) is 0 Å². The van der Waals surface area contributed by atoms with Gasteiger partial charge in [-0.25, -0.2) is 4.79 Å². The Morgan fingerprint density at radius 1 is 1.07 bits per heavy atom. The standard InChI is InChI=1S/C20H22N2O6/c1-12-9-15(19(23)21-5-6-26-18(11-21)20(24)25)13(2)22(12)14-3-4-16-17(10-14)28-8-7-27-16/h3-4,9-10,18H,5-8,11H2,1-2H3,(H,24,25). The van der Waals surface area contributed by atoms with Gasteiger partial charge in [0.25, 0.3) is 5.91 Å². The summed E-state index contributed by atoms with van der Waals surface area (Å²) in [6.07, 6.45) is -0.987. The van der Waals surface area contributed by atoms with Crippen molar-refractivity contribution in [1.29, 1.82) is 0 Å². The molecule has 3 heterocycles. The Kier molecular flexibility index (Phi) is 4.72. The first kappa shape index (κ1) is 18.4. The molecular formula is C20H22N2O6. The van der Waals surface area contributed by atoms with Crippen LogP contribution in [0.25, 0.3) is 5.69 Å². The highest BCUT2D eigenvalue weighted by atomic mass is 16.6. The van der Waals surface area contributed by atoms with Crippen LogP contribution >= 0.6 is 0 Å². The summed E-state index contributed by atoms with van der Waals surface area (Å²) < 4.78 is 18.4. The van der Waals surface area contributed by atoms with Crippen molar-refractivity contribution in [2.75, 3.05) is 32.9 Å². The van der Waals surface area contributed by atoms with E-state index in [0.717, 1.165) is 17.1 Å². The Morgan fingerprint density at radius 2 is 1.82 bits per heavy atom. The highest BCUT2D eigenvalue weighted by Gasteiger charge is 2.31. The van der Waals surface area contributed by atoms with E-state index >= 15 is 0 Å². The number of amides is 1. The van der Waals surface area contributed by atoms with E-state index < -0.39 is 12.1 Å². The molecule has 4 rings (SSSR count). The minimum Gasteiger partial charge on any atom is -0.486 e. The molecule has 148 valence electrons. The Balaban J connectivity index is 1.64. The van der Waals surface area contributed by atoms with Crippen LogP contribution in [-0.4, -0.2) is 65.5 Å². The average Bonchev–Trinajstić information content (AvgIpc) is 3.01. The number of rotatable bonds is 3. The number of aromatic nitrogens is 1. The number of carbonyl (C=O) groups is 2. The molecule has 2 aromatic rings. The first-order valence-electron chi connectivity index (χ1n) is 9.18. The van der Waals surface area contributed by atoms with Crippen molar-refractivity contribution in [3.8, 4) is 17.2 Å². The van der Waals surface area contributed by atoms with E-state index in [4.69, 9.17) is 19.3 Å². The van der Waals surface area contributed by atoms with Gasteiger partial charge in [-0.05, 0) is 32.0 Å². The van der Waals surface area contributed by atoms with Crippen molar-refractivity contribution in [3.05, 3.63) is 41.2 Å². The van der Waals surface area contributed by atoms with Gasteiger partial charge in [-0.2, -0.15) is 0 Å². The summed E-state index contributed by atoms with van der Waals surface area (Å²) in [4.78, 5) is 25.8. The van der Waals surface area contributed by atoms with E-state index in [2.05, 4.69) is 0 Å². The van der Waals surface area contributed by atoms with Gasteiger partial charge in [0.05, 0.1) is 18.7 Å². The highest BCUT2D eigenvalue weighted by Crippen LogP contribution is 2.33. The van der Waals surface area contributed by atoms with Crippen LogP contribution in [-0.2, 0) is 9.53 Å². The molecule has 8 heteroatoms. The third kappa shape index (κ3) is 3.20. The lowest BCUT2D eigenvalue weighted by Crippen LogP contribution is -2.48. The van der Waals surface area contributed by atoms with E-state index in [9.17, 15) is 9.59 Å². The van der Waals surface area contributed by atoms with Gasteiger partial charge in [-0.15, -0.1) is 0 Å². The molecule has 0 radical (unpaired) electrons. The van der Waals surface area contributed by atoms with Gasteiger partial charge in [0.15, 0.2) is 17.6 Å². The number of nitrogens with zero attached hydrogens (tertiary/aromatic N) is 2. The summed E-state index contributed by atoms with van der Waals surface area (Å²) in [5.41, 5.74) is 3.13. The zero-order valence-corrected chi connectivity index (χ0v) is 15.8. The zero-order valence-electron chi connectivity index (χ0n) is 15.8. The molecule has 2 aliphatic heterocycles. The predicted molar refractivity (Wildman–Crippen MR) is 99.5 cm³/mol. The van der Waals surface area contributed by atoms with Crippen LogP contribution in [0.4, 0.5) is 0 Å². The maximum absolute atomic E-state index is 13.0. The second kappa shape index (κ2) is 7.20. The number of carbonyl (C=O) groups excluding carboxylic acids is 1. The molecule has 0 spiro atoms. The predicted octanol–water partition coefficient (Wildman–Crippen LogP) is 1.79. The molecule has 0 saturated carbocycles. The number of benzene rings is 1. The van der Waals surface area contributed by atoms with Gasteiger partial charge < -0.3 is 28.8 Å². The van der Waals surface area contributed by atoms with Gasteiger partial charge >= 0.3 is 5.97 Å². The third-order valence-electron chi connectivity index (χ3n) is 5.07. The lowest BCUT2D eigenvalue weighted by atomic mass is 10.2. The van der Waals surface area contributed by atoms with Crippen molar-refractivity contribution in [1.82, 2.24) is 9.47 Å². The number of hydrogen-bond donors (Lipinski definition) is 1. The highest BCUT2D eigenvalue weighted by molar-refractivity contribution is 5.96. The molecular weight excluding hydrogens is 364 g/mol. The van der Waals surface area contributed by atoms with Crippen molar-refractivity contribution >= 4 is 11.9 Å². The number of carboxylic acids is 1. The van der Waals surface area contributed by atoms with E-state index in [1.807, 2.05) is 42.7 Å². The van der Waals surface area contributed by atoms with Gasteiger partial charge in [-0.3, -0.25) is 4.79 Å². The molecule has 0 bridgehead atoms. The minimum atomic E-state index is -1.06. The zero-order chi connectivity index (χ0) is 19.8. The second-order valence-corrected chi connectivity index (χ2v) is 6.90. The van der Waals surface area contributed by atoms with Gasteiger partial charge in [-0.1, -0.05) is 0 Å². The molecule has 28 heavy (non-hydrogen) atoms. The van der Waals surface area contributed by atoms with Crippen LogP contribution < -0.4 is 9.47 Å². The Labute approximate surface area is 162 Å². The lowest BCUT2D eigenvalue weighted by Gasteiger charge is -2.30. The van der Waals surface area contributed by atoms with Crippen LogP contribution in [0.5, 0.6) is 11.5 Å².